The summed E-state index contributed by atoms with van der Waals surface area (Å²) in [5, 5.41) is 8.83. The topological polar surface area (TPSA) is 52.7 Å². The molecule has 1 aromatic carbocycles. The Kier molecular flexibility index (Phi) is 3.98. The number of anilines is 2. The second kappa shape index (κ2) is 5.49. The van der Waals surface area contributed by atoms with Crippen LogP contribution in [0, 0.1) is 11.6 Å². The molecule has 4 nitrogen and oxygen atoms in total. The van der Waals surface area contributed by atoms with Crippen LogP contribution in [0.15, 0.2) is 12.1 Å². The minimum absolute atomic E-state index is 0.116. The van der Waals surface area contributed by atoms with Gasteiger partial charge in [0.05, 0.1) is 18.0 Å². The van der Waals surface area contributed by atoms with E-state index in [1.54, 1.807) is 4.90 Å². The number of aliphatic hydroxyl groups is 1. The maximum Gasteiger partial charge on any atom is 0.148 e. The molecule has 3 N–H and O–H groups in total. The number of rotatable bonds is 3. The smallest absolute Gasteiger partial charge is 0.148 e. The van der Waals surface area contributed by atoms with Gasteiger partial charge in [-0.3, -0.25) is 4.90 Å². The first kappa shape index (κ1) is 13.0. The first-order chi connectivity index (χ1) is 8.61. The Hall–Kier alpha value is -1.40. The molecule has 0 unspecified atom stereocenters. The number of halogens is 2. The molecule has 6 heteroatoms. The van der Waals surface area contributed by atoms with Crippen molar-refractivity contribution in [2.45, 2.75) is 0 Å². The second-order valence-electron chi connectivity index (χ2n) is 4.38. The van der Waals surface area contributed by atoms with Crippen molar-refractivity contribution in [2.24, 2.45) is 0 Å². The minimum Gasteiger partial charge on any atom is -0.396 e. The van der Waals surface area contributed by atoms with Gasteiger partial charge >= 0.3 is 0 Å². The molecule has 0 spiro atoms. The summed E-state index contributed by atoms with van der Waals surface area (Å²) in [6.07, 6.45) is 0. The molecule has 2 rings (SSSR count). The average molecular weight is 257 g/mol. The largest absolute Gasteiger partial charge is 0.396 e. The molecule has 1 aliphatic heterocycles. The second-order valence-corrected chi connectivity index (χ2v) is 4.38. The summed E-state index contributed by atoms with van der Waals surface area (Å²) >= 11 is 0. The first-order valence-corrected chi connectivity index (χ1v) is 5.94. The lowest BCUT2D eigenvalue weighted by Gasteiger charge is -2.35. The molecule has 1 heterocycles. The van der Waals surface area contributed by atoms with Crippen molar-refractivity contribution in [2.75, 3.05) is 50.0 Å². The number of aliphatic hydroxyl groups excluding tert-OH is 1. The van der Waals surface area contributed by atoms with Crippen LogP contribution in [0.1, 0.15) is 0 Å². The number of nitrogen functional groups attached to an aromatic ring is 1. The van der Waals surface area contributed by atoms with Crippen LogP contribution >= 0.6 is 0 Å². The van der Waals surface area contributed by atoms with Crippen molar-refractivity contribution >= 4 is 11.4 Å². The zero-order valence-electron chi connectivity index (χ0n) is 10.1. The summed E-state index contributed by atoms with van der Waals surface area (Å²) in [6, 6.07) is 2.16. The molecule has 0 amide bonds. The zero-order chi connectivity index (χ0) is 13.1. The number of piperazine rings is 1. The van der Waals surface area contributed by atoms with E-state index in [1.807, 2.05) is 0 Å². The molecule has 0 saturated carbocycles. The van der Waals surface area contributed by atoms with E-state index < -0.39 is 11.6 Å². The van der Waals surface area contributed by atoms with E-state index in [9.17, 15) is 8.78 Å². The fourth-order valence-corrected chi connectivity index (χ4v) is 2.15. The third-order valence-corrected chi connectivity index (χ3v) is 3.20. The molecule has 1 aromatic rings. The molecule has 1 aliphatic rings. The van der Waals surface area contributed by atoms with Crippen LogP contribution < -0.4 is 10.6 Å². The van der Waals surface area contributed by atoms with Gasteiger partial charge in [0.1, 0.15) is 11.6 Å². The van der Waals surface area contributed by atoms with Crippen LogP contribution in [0.5, 0.6) is 0 Å². The van der Waals surface area contributed by atoms with Crippen LogP contribution in [-0.4, -0.2) is 49.3 Å². The molecule has 0 bridgehead atoms. The monoisotopic (exact) mass is 257 g/mol. The van der Waals surface area contributed by atoms with Crippen LogP contribution in [0.25, 0.3) is 0 Å². The van der Waals surface area contributed by atoms with Crippen molar-refractivity contribution in [1.82, 2.24) is 4.90 Å². The molecule has 1 saturated heterocycles. The lowest BCUT2D eigenvalue weighted by Crippen LogP contribution is -2.47. The van der Waals surface area contributed by atoms with Crippen LogP contribution in [0.4, 0.5) is 20.2 Å². The van der Waals surface area contributed by atoms with Crippen molar-refractivity contribution in [3.63, 3.8) is 0 Å². The van der Waals surface area contributed by atoms with E-state index in [1.165, 1.54) is 0 Å². The number of hydrogen-bond donors (Lipinski definition) is 2. The Labute approximate surface area is 105 Å². The Morgan fingerprint density at radius 1 is 1.11 bits per heavy atom. The van der Waals surface area contributed by atoms with Gasteiger partial charge in [-0.2, -0.15) is 0 Å². The summed E-state index contributed by atoms with van der Waals surface area (Å²) in [6.45, 7) is 3.41. The molecule has 100 valence electrons. The highest BCUT2D eigenvalue weighted by Crippen LogP contribution is 2.25. The molecule has 18 heavy (non-hydrogen) atoms. The number of hydrogen-bond acceptors (Lipinski definition) is 4. The summed E-state index contributed by atoms with van der Waals surface area (Å²) in [5.41, 5.74) is 5.39. The number of β-amino-alcohol motifs (C(OH)–C–C–N with tert-alkyl or cyclic N) is 1. The van der Waals surface area contributed by atoms with Crippen LogP contribution in [0.2, 0.25) is 0 Å². The fourth-order valence-electron chi connectivity index (χ4n) is 2.15. The highest BCUT2D eigenvalue weighted by atomic mass is 19.1. The van der Waals surface area contributed by atoms with Crippen molar-refractivity contribution in [1.29, 1.82) is 0 Å². The summed E-state index contributed by atoms with van der Waals surface area (Å²) < 4.78 is 27.1. The summed E-state index contributed by atoms with van der Waals surface area (Å²) in [7, 11) is 0. The van der Waals surface area contributed by atoms with Gasteiger partial charge in [0.15, 0.2) is 0 Å². The number of nitrogens with two attached hydrogens (primary N) is 1. The molecule has 0 atom stereocenters. The van der Waals surface area contributed by atoms with Crippen molar-refractivity contribution < 1.29 is 13.9 Å². The highest BCUT2D eigenvalue weighted by molar-refractivity contribution is 5.55. The normalized spacial score (nSPS) is 17.2. The predicted molar refractivity (Wildman–Crippen MR) is 66.5 cm³/mol. The molecule has 1 fully saturated rings. The van der Waals surface area contributed by atoms with E-state index in [4.69, 9.17) is 10.8 Å². The Balaban J connectivity index is 2.07. The van der Waals surface area contributed by atoms with Crippen LogP contribution in [0.3, 0.4) is 0 Å². The molecular formula is C12H17F2N3O. The fraction of sp³-hybridized carbons (Fsp3) is 0.500. The van der Waals surface area contributed by atoms with Crippen molar-refractivity contribution in [3.05, 3.63) is 23.8 Å². The average Bonchev–Trinajstić information content (AvgIpc) is 2.35. The van der Waals surface area contributed by atoms with E-state index in [0.717, 1.165) is 25.2 Å². The SMILES string of the molecule is Nc1cc(F)c(N2CCN(CCO)CC2)cc1F. The highest BCUT2D eigenvalue weighted by Gasteiger charge is 2.20. The number of nitrogens with zero attached hydrogens (tertiary/aromatic N) is 2. The summed E-state index contributed by atoms with van der Waals surface area (Å²) in [4.78, 5) is 3.88. The third kappa shape index (κ3) is 2.70. The Bertz CT molecular complexity index is 420. The minimum atomic E-state index is -0.593. The van der Waals surface area contributed by atoms with E-state index in [0.29, 0.717) is 19.6 Å². The maximum atomic E-state index is 13.7. The van der Waals surface area contributed by atoms with Gasteiger partial charge in [0, 0.05) is 44.9 Å². The van der Waals surface area contributed by atoms with Gasteiger partial charge in [-0.25, -0.2) is 8.78 Å². The van der Waals surface area contributed by atoms with Gasteiger partial charge < -0.3 is 15.7 Å². The van der Waals surface area contributed by atoms with Gasteiger partial charge in [-0.1, -0.05) is 0 Å². The lowest BCUT2D eigenvalue weighted by atomic mass is 10.2. The standard InChI is InChI=1S/C12H17F2N3O/c13-9-8-12(10(14)7-11(9)15)17-3-1-16(2-4-17)5-6-18/h7-8,18H,1-6,15H2. The van der Waals surface area contributed by atoms with Crippen molar-refractivity contribution in [3.8, 4) is 0 Å². The predicted octanol–water partition coefficient (Wildman–Crippen LogP) is 0.661. The van der Waals surface area contributed by atoms with Gasteiger partial charge in [-0.05, 0) is 0 Å². The van der Waals surface area contributed by atoms with E-state index >= 15 is 0 Å². The molecule has 0 radical (unpaired) electrons. The first-order valence-electron chi connectivity index (χ1n) is 5.94. The zero-order valence-corrected chi connectivity index (χ0v) is 10.1. The van der Waals surface area contributed by atoms with Crippen LogP contribution in [-0.2, 0) is 0 Å². The van der Waals surface area contributed by atoms with Gasteiger partial charge in [0.25, 0.3) is 0 Å². The molecular weight excluding hydrogens is 240 g/mol. The van der Waals surface area contributed by atoms with Gasteiger partial charge in [-0.15, -0.1) is 0 Å². The maximum absolute atomic E-state index is 13.7. The van der Waals surface area contributed by atoms with Gasteiger partial charge in [0.2, 0.25) is 0 Å². The Morgan fingerprint density at radius 3 is 2.39 bits per heavy atom. The Morgan fingerprint density at radius 2 is 1.78 bits per heavy atom. The van der Waals surface area contributed by atoms with E-state index in [-0.39, 0.29) is 18.0 Å². The number of benzene rings is 1. The van der Waals surface area contributed by atoms with E-state index in [2.05, 4.69) is 4.90 Å². The summed E-state index contributed by atoms with van der Waals surface area (Å²) in [5.74, 6) is -1.09. The molecule has 0 aromatic heterocycles. The molecule has 0 aliphatic carbocycles. The quantitative estimate of drug-likeness (QED) is 0.781. The lowest BCUT2D eigenvalue weighted by molar-refractivity contribution is 0.188. The third-order valence-electron chi connectivity index (χ3n) is 3.20.